The van der Waals surface area contributed by atoms with Crippen LogP contribution in [0.1, 0.15) is 57.4 Å². The van der Waals surface area contributed by atoms with Gasteiger partial charge in [0.25, 0.3) is 0 Å². The average Bonchev–Trinajstić information content (AvgIpc) is 2.81. The molecule has 0 aromatic heterocycles. The summed E-state index contributed by atoms with van der Waals surface area (Å²) in [5.41, 5.74) is 1.19. The Kier molecular flexibility index (Phi) is 7.75. The number of anilines is 1. The summed E-state index contributed by atoms with van der Waals surface area (Å²) < 4.78 is 5.95. The van der Waals surface area contributed by atoms with Crippen molar-refractivity contribution >= 4 is 23.2 Å². The summed E-state index contributed by atoms with van der Waals surface area (Å²) in [7, 11) is 0. The van der Waals surface area contributed by atoms with Crippen molar-refractivity contribution in [3.63, 3.8) is 0 Å². The normalized spacial score (nSPS) is 21.1. The lowest BCUT2D eigenvalue weighted by Crippen LogP contribution is -2.42. The molecule has 2 aliphatic rings. The van der Waals surface area contributed by atoms with E-state index in [4.69, 9.17) is 16.3 Å². The highest BCUT2D eigenvalue weighted by Crippen LogP contribution is 2.43. The third-order valence-electron chi connectivity index (χ3n) is 7.06. The maximum Gasteiger partial charge on any atom is 0.235 e. The van der Waals surface area contributed by atoms with E-state index in [0.717, 1.165) is 55.1 Å². The second kappa shape index (κ2) is 10.7. The number of carbonyl (C=O) groups is 1. The molecule has 0 spiro atoms. The fourth-order valence-corrected chi connectivity index (χ4v) is 5.61. The van der Waals surface area contributed by atoms with Crippen molar-refractivity contribution in [3.05, 3.63) is 59.1 Å². The van der Waals surface area contributed by atoms with Gasteiger partial charge in [0.2, 0.25) is 5.91 Å². The van der Waals surface area contributed by atoms with Crippen LogP contribution in [0.3, 0.4) is 0 Å². The number of carbonyl (C=O) groups excluding carboxylic acids is 1. The van der Waals surface area contributed by atoms with E-state index in [2.05, 4.69) is 17.1 Å². The first-order chi connectivity index (χ1) is 15.6. The minimum Gasteiger partial charge on any atom is -0.492 e. The molecule has 2 aromatic carbocycles. The molecule has 32 heavy (non-hydrogen) atoms. The number of benzene rings is 2. The number of nitrogens with zero attached hydrogens (tertiary/aromatic N) is 1. The fourth-order valence-electron chi connectivity index (χ4n) is 5.29. The zero-order valence-electron chi connectivity index (χ0n) is 19.1. The Morgan fingerprint density at radius 1 is 1.09 bits per heavy atom. The van der Waals surface area contributed by atoms with Crippen LogP contribution in [0.15, 0.2) is 48.5 Å². The lowest BCUT2D eigenvalue weighted by molar-refractivity contribution is -0.122. The van der Waals surface area contributed by atoms with Crippen LogP contribution in [-0.4, -0.2) is 37.0 Å². The number of rotatable bonds is 7. The highest BCUT2D eigenvalue weighted by Gasteiger charge is 2.42. The van der Waals surface area contributed by atoms with Gasteiger partial charge < -0.3 is 10.1 Å². The molecular weight excluding hydrogens is 420 g/mol. The highest BCUT2D eigenvalue weighted by atomic mass is 35.5. The Labute approximate surface area is 197 Å². The minimum atomic E-state index is -0.558. The van der Waals surface area contributed by atoms with Gasteiger partial charge in [-0.25, -0.2) is 0 Å². The number of hydrogen-bond acceptors (Lipinski definition) is 3. The Morgan fingerprint density at radius 2 is 1.84 bits per heavy atom. The van der Waals surface area contributed by atoms with Gasteiger partial charge in [0, 0.05) is 23.8 Å². The molecule has 0 radical (unpaired) electrons. The molecule has 172 valence electrons. The van der Waals surface area contributed by atoms with Crippen LogP contribution in [0.4, 0.5) is 5.69 Å². The van der Waals surface area contributed by atoms with Gasteiger partial charge in [-0.3, -0.25) is 9.69 Å². The molecule has 1 saturated carbocycles. The Morgan fingerprint density at radius 3 is 2.56 bits per heavy atom. The van der Waals surface area contributed by atoms with Crippen LogP contribution in [0.5, 0.6) is 5.75 Å². The van der Waals surface area contributed by atoms with Crippen molar-refractivity contribution in [1.82, 2.24) is 4.90 Å². The molecule has 1 N–H and O–H groups in total. The zero-order valence-corrected chi connectivity index (χ0v) is 19.9. The lowest BCUT2D eigenvalue weighted by atomic mass is 9.68. The van der Waals surface area contributed by atoms with Crippen LogP contribution in [0, 0.1) is 5.92 Å². The van der Waals surface area contributed by atoms with E-state index in [-0.39, 0.29) is 5.91 Å². The summed E-state index contributed by atoms with van der Waals surface area (Å²) >= 11 is 6.53. The number of nitrogens with one attached hydrogen (secondary N) is 1. The maximum absolute atomic E-state index is 13.5. The number of piperidine rings is 1. The van der Waals surface area contributed by atoms with Gasteiger partial charge in [0.1, 0.15) is 12.4 Å². The quantitative estimate of drug-likeness (QED) is 0.534. The standard InChI is InChI=1S/C27H35ClN2O2/c1-21-8-7-17-30(20-21)18-19-32-23-13-11-22(12-14-23)29-26(31)27(15-5-2-6-16-27)24-9-3-4-10-25(24)28/h3-4,9-14,21H,2,5-8,15-20H2,1H3,(H,29,31). The van der Waals surface area contributed by atoms with E-state index < -0.39 is 5.41 Å². The van der Waals surface area contributed by atoms with E-state index in [1.54, 1.807) is 0 Å². The van der Waals surface area contributed by atoms with Gasteiger partial charge >= 0.3 is 0 Å². The smallest absolute Gasteiger partial charge is 0.235 e. The Balaban J connectivity index is 1.36. The van der Waals surface area contributed by atoms with E-state index in [9.17, 15) is 4.79 Å². The van der Waals surface area contributed by atoms with Gasteiger partial charge in [-0.1, -0.05) is 56.0 Å². The molecule has 4 nitrogen and oxygen atoms in total. The fraction of sp³-hybridized carbons (Fsp3) is 0.519. The second-order valence-electron chi connectivity index (χ2n) is 9.50. The van der Waals surface area contributed by atoms with Gasteiger partial charge in [0.15, 0.2) is 0 Å². The molecule has 1 saturated heterocycles. The van der Waals surface area contributed by atoms with Crippen LogP contribution in [0.2, 0.25) is 5.02 Å². The number of amides is 1. The third kappa shape index (κ3) is 5.47. The summed E-state index contributed by atoms with van der Waals surface area (Å²) in [4.78, 5) is 16.0. The molecule has 1 amide bonds. The molecule has 0 bridgehead atoms. The third-order valence-corrected chi connectivity index (χ3v) is 7.39. The summed E-state index contributed by atoms with van der Waals surface area (Å²) in [6.45, 7) is 6.31. The largest absolute Gasteiger partial charge is 0.492 e. The average molecular weight is 455 g/mol. The summed E-state index contributed by atoms with van der Waals surface area (Å²) in [6.07, 6.45) is 7.54. The Bertz CT molecular complexity index is 893. The van der Waals surface area contributed by atoms with Crippen LogP contribution in [-0.2, 0) is 10.2 Å². The first-order valence-electron chi connectivity index (χ1n) is 12.1. The van der Waals surface area contributed by atoms with E-state index in [1.807, 2.05) is 48.5 Å². The summed E-state index contributed by atoms with van der Waals surface area (Å²) in [5, 5.41) is 3.83. The van der Waals surface area contributed by atoms with Crippen molar-refractivity contribution in [2.24, 2.45) is 5.92 Å². The van der Waals surface area contributed by atoms with Crippen LogP contribution < -0.4 is 10.1 Å². The summed E-state index contributed by atoms with van der Waals surface area (Å²) in [5.74, 6) is 1.66. The van der Waals surface area contributed by atoms with Crippen molar-refractivity contribution in [1.29, 1.82) is 0 Å². The number of hydrogen-bond donors (Lipinski definition) is 1. The van der Waals surface area contributed by atoms with Crippen molar-refractivity contribution in [3.8, 4) is 5.75 Å². The van der Waals surface area contributed by atoms with Crippen molar-refractivity contribution < 1.29 is 9.53 Å². The van der Waals surface area contributed by atoms with Gasteiger partial charge in [-0.05, 0) is 74.0 Å². The molecule has 2 aromatic rings. The first-order valence-corrected chi connectivity index (χ1v) is 12.5. The van der Waals surface area contributed by atoms with Crippen molar-refractivity contribution in [2.45, 2.75) is 57.3 Å². The molecule has 5 heteroatoms. The SMILES string of the molecule is CC1CCCN(CCOc2ccc(NC(=O)C3(c4ccccc4Cl)CCCCC3)cc2)C1. The second-order valence-corrected chi connectivity index (χ2v) is 9.90. The van der Waals surface area contributed by atoms with Gasteiger partial charge in [0.05, 0.1) is 5.41 Å². The molecule has 4 rings (SSSR count). The van der Waals surface area contributed by atoms with Gasteiger partial charge in [-0.2, -0.15) is 0 Å². The number of likely N-dealkylation sites (tertiary alicyclic amines) is 1. The van der Waals surface area contributed by atoms with E-state index in [0.29, 0.717) is 11.6 Å². The number of halogens is 1. The van der Waals surface area contributed by atoms with Crippen molar-refractivity contribution in [2.75, 3.05) is 31.6 Å². The summed E-state index contributed by atoms with van der Waals surface area (Å²) in [6, 6.07) is 15.5. The molecule has 2 fully saturated rings. The minimum absolute atomic E-state index is 0.0400. The lowest BCUT2D eigenvalue weighted by Gasteiger charge is -2.37. The topological polar surface area (TPSA) is 41.6 Å². The Hall–Kier alpha value is -2.04. The molecular formula is C27H35ClN2O2. The predicted molar refractivity (Wildman–Crippen MR) is 132 cm³/mol. The molecule has 1 aliphatic carbocycles. The van der Waals surface area contributed by atoms with Crippen LogP contribution >= 0.6 is 11.6 Å². The molecule has 1 heterocycles. The first kappa shape index (κ1) is 23.1. The van der Waals surface area contributed by atoms with E-state index in [1.165, 1.54) is 32.4 Å². The molecule has 1 atom stereocenters. The van der Waals surface area contributed by atoms with Gasteiger partial charge in [-0.15, -0.1) is 0 Å². The molecule has 1 unspecified atom stereocenters. The monoisotopic (exact) mass is 454 g/mol. The zero-order chi connectivity index (χ0) is 22.4. The van der Waals surface area contributed by atoms with Crippen LogP contribution in [0.25, 0.3) is 0 Å². The predicted octanol–water partition coefficient (Wildman–Crippen LogP) is 6.29. The number of ether oxygens (including phenoxy) is 1. The molecule has 1 aliphatic heterocycles. The maximum atomic E-state index is 13.5. The van der Waals surface area contributed by atoms with E-state index >= 15 is 0 Å². The highest BCUT2D eigenvalue weighted by molar-refractivity contribution is 6.31.